The number of aldehydes is 2. The van der Waals surface area contributed by atoms with E-state index in [4.69, 9.17) is 4.79 Å². The number of rotatable bonds is 5. The molecule has 0 aromatic heterocycles. The summed E-state index contributed by atoms with van der Waals surface area (Å²) >= 11 is 0. The van der Waals surface area contributed by atoms with E-state index in [9.17, 15) is 9.59 Å². The maximum absolute atomic E-state index is 10.9. The third-order valence-corrected chi connectivity index (χ3v) is 4.83. The van der Waals surface area contributed by atoms with Crippen LogP contribution >= 0.6 is 21.6 Å². The standard InChI is InChI=1S/C14H10O2S2.CH3NO/c15-9-11-5-1-3-7-13(11)17-18-14-8-4-2-6-12(14)10-16;2-1-3/h1-10H;1H,(H2,2,3). The van der Waals surface area contributed by atoms with Crippen LogP contribution in [-0.2, 0) is 4.79 Å². The van der Waals surface area contributed by atoms with Gasteiger partial charge in [-0.15, -0.1) is 0 Å². The maximum Gasteiger partial charge on any atom is 0.204 e. The van der Waals surface area contributed by atoms with Crippen molar-refractivity contribution in [3.05, 3.63) is 59.7 Å². The highest BCUT2D eigenvalue weighted by atomic mass is 33.1. The topological polar surface area (TPSA) is 77.2 Å². The number of primary amides is 1. The van der Waals surface area contributed by atoms with Crippen molar-refractivity contribution in [2.45, 2.75) is 9.79 Å². The quantitative estimate of drug-likeness (QED) is 0.676. The van der Waals surface area contributed by atoms with E-state index in [-0.39, 0.29) is 6.41 Å². The van der Waals surface area contributed by atoms with Gasteiger partial charge in [0.05, 0.1) is 0 Å². The van der Waals surface area contributed by atoms with E-state index in [0.717, 1.165) is 22.4 Å². The first-order valence-corrected chi connectivity index (χ1v) is 8.00. The summed E-state index contributed by atoms with van der Waals surface area (Å²) in [6.45, 7) is 0. The number of carbonyl (C=O) groups is 3. The van der Waals surface area contributed by atoms with Gasteiger partial charge in [0.15, 0.2) is 12.6 Å². The lowest BCUT2D eigenvalue weighted by atomic mass is 10.2. The van der Waals surface area contributed by atoms with Gasteiger partial charge in [-0.1, -0.05) is 58.0 Å². The predicted octanol–water partition coefficient (Wildman–Crippen LogP) is 3.21. The molecule has 2 aromatic rings. The average molecular weight is 319 g/mol. The van der Waals surface area contributed by atoms with Crippen molar-refractivity contribution < 1.29 is 14.4 Å². The Hall–Kier alpha value is -2.05. The molecule has 0 bridgehead atoms. The first-order valence-electron chi connectivity index (χ1n) is 5.85. The van der Waals surface area contributed by atoms with Gasteiger partial charge in [0.2, 0.25) is 6.41 Å². The van der Waals surface area contributed by atoms with Crippen molar-refractivity contribution >= 4 is 40.6 Å². The van der Waals surface area contributed by atoms with Crippen LogP contribution in [-0.4, -0.2) is 19.0 Å². The second kappa shape index (κ2) is 9.79. The second-order valence-electron chi connectivity index (χ2n) is 3.61. The molecule has 0 heterocycles. The Morgan fingerprint density at radius 3 is 1.38 bits per heavy atom. The highest BCUT2D eigenvalue weighted by Gasteiger charge is 2.05. The van der Waals surface area contributed by atoms with Crippen molar-refractivity contribution in [3.8, 4) is 0 Å². The smallest absolute Gasteiger partial charge is 0.204 e. The zero-order valence-corrected chi connectivity index (χ0v) is 12.6. The van der Waals surface area contributed by atoms with E-state index in [1.807, 2.05) is 36.4 Å². The largest absolute Gasteiger partial charge is 0.372 e. The number of carbonyl (C=O) groups excluding carboxylic acids is 3. The first kappa shape index (κ1) is 17.0. The fourth-order valence-electron chi connectivity index (χ4n) is 1.40. The van der Waals surface area contributed by atoms with Crippen molar-refractivity contribution in [1.82, 2.24) is 0 Å². The molecule has 0 saturated heterocycles. The van der Waals surface area contributed by atoms with E-state index >= 15 is 0 Å². The fourth-order valence-corrected chi connectivity index (χ4v) is 3.72. The van der Waals surface area contributed by atoms with Crippen LogP contribution in [0.3, 0.4) is 0 Å². The van der Waals surface area contributed by atoms with Gasteiger partial charge in [-0.2, -0.15) is 0 Å². The molecule has 21 heavy (non-hydrogen) atoms. The Balaban J connectivity index is 0.000000677. The molecule has 0 spiro atoms. The van der Waals surface area contributed by atoms with E-state index in [2.05, 4.69) is 5.73 Å². The molecule has 0 aliphatic heterocycles. The van der Waals surface area contributed by atoms with Crippen LogP contribution in [0, 0.1) is 0 Å². The third-order valence-electron chi connectivity index (χ3n) is 2.31. The van der Waals surface area contributed by atoms with Crippen LogP contribution in [0.15, 0.2) is 58.3 Å². The molecular formula is C15H13NO3S2. The molecule has 2 rings (SSSR count). The molecule has 0 aliphatic rings. The van der Waals surface area contributed by atoms with Gasteiger partial charge in [0.25, 0.3) is 0 Å². The monoisotopic (exact) mass is 319 g/mol. The van der Waals surface area contributed by atoms with Gasteiger partial charge in [-0.3, -0.25) is 14.4 Å². The van der Waals surface area contributed by atoms with Crippen LogP contribution in [0.5, 0.6) is 0 Å². The van der Waals surface area contributed by atoms with Crippen molar-refractivity contribution in [2.75, 3.05) is 0 Å². The second-order valence-corrected chi connectivity index (χ2v) is 5.83. The summed E-state index contributed by atoms with van der Waals surface area (Å²) in [5.41, 5.74) is 5.50. The van der Waals surface area contributed by atoms with Crippen LogP contribution < -0.4 is 5.73 Å². The molecule has 0 atom stereocenters. The van der Waals surface area contributed by atoms with Gasteiger partial charge in [-0.05, 0) is 12.1 Å². The molecule has 0 fully saturated rings. The molecule has 0 radical (unpaired) electrons. The van der Waals surface area contributed by atoms with Crippen molar-refractivity contribution in [2.24, 2.45) is 5.73 Å². The van der Waals surface area contributed by atoms with Gasteiger partial charge < -0.3 is 5.73 Å². The average Bonchev–Trinajstić information content (AvgIpc) is 2.54. The SMILES string of the molecule is NC=O.O=Cc1ccccc1SSc1ccccc1C=O. The van der Waals surface area contributed by atoms with Gasteiger partial charge >= 0.3 is 0 Å². The summed E-state index contributed by atoms with van der Waals surface area (Å²) in [4.78, 5) is 32.2. The third kappa shape index (κ3) is 5.45. The summed E-state index contributed by atoms with van der Waals surface area (Å²) in [5, 5.41) is 0. The summed E-state index contributed by atoms with van der Waals surface area (Å²) in [6, 6.07) is 14.8. The molecule has 108 valence electrons. The van der Waals surface area contributed by atoms with Crippen LogP contribution in [0.4, 0.5) is 0 Å². The molecule has 0 saturated carbocycles. The number of hydrogen-bond acceptors (Lipinski definition) is 5. The van der Waals surface area contributed by atoms with E-state index in [1.165, 1.54) is 21.6 Å². The van der Waals surface area contributed by atoms with E-state index in [0.29, 0.717) is 11.1 Å². The Kier molecular flexibility index (Phi) is 7.93. The van der Waals surface area contributed by atoms with E-state index < -0.39 is 0 Å². The van der Waals surface area contributed by atoms with Gasteiger partial charge in [0, 0.05) is 20.9 Å². The Morgan fingerprint density at radius 1 is 0.714 bits per heavy atom. The lowest BCUT2D eigenvalue weighted by molar-refractivity contribution is -0.106. The summed E-state index contributed by atoms with van der Waals surface area (Å²) in [6.07, 6.45) is 1.93. The number of benzene rings is 2. The fraction of sp³-hybridized carbons (Fsp3) is 0. The van der Waals surface area contributed by atoms with Crippen LogP contribution in [0.2, 0.25) is 0 Å². The van der Waals surface area contributed by atoms with E-state index in [1.54, 1.807) is 12.1 Å². The molecule has 0 unspecified atom stereocenters. The molecule has 1 amide bonds. The van der Waals surface area contributed by atoms with Crippen LogP contribution in [0.25, 0.3) is 0 Å². The normalized spacial score (nSPS) is 9.14. The summed E-state index contributed by atoms with van der Waals surface area (Å²) in [5.74, 6) is 0. The number of hydrogen-bond donors (Lipinski definition) is 1. The highest BCUT2D eigenvalue weighted by molar-refractivity contribution is 8.76. The number of amides is 1. The molecule has 4 nitrogen and oxygen atoms in total. The van der Waals surface area contributed by atoms with Crippen molar-refractivity contribution in [1.29, 1.82) is 0 Å². The van der Waals surface area contributed by atoms with Crippen molar-refractivity contribution in [3.63, 3.8) is 0 Å². The first-order chi connectivity index (χ1) is 10.3. The Labute approximate surface area is 130 Å². The van der Waals surface area contributed by atoms with Gasteiger partial charge in [0.1, 0.15) is 0 Å². The summed E-state index contributed by atoms with van der Waals surface area (Å²) in [7, 11) is 2.96. The highest BCUT2D eigenvalue weighted by Crippen LogP contribution is 2.39. The minimum Gasteiger partial charge on any atom is -0.372 e. The zero-order chi connectivity index (χ0) is 15.5. The molecular weight excluding hydrogens is 306 g/mol. The lowest BCUT2D eigenvalue weighted by Gasteiger charge is -2.05. The lowest BCUT2D eigenvalue weighted by Crippen LogP contribution is -1.84. The van der Waals surface area contributed by atoms with Crippen LogP contribution in [0.1, 0.15) is 20.7 Å². The number of nitrogens with two attached hydrogens (primary N) is 1. The minimum atomic E-state index is 0.250. The zero-order valence-electron chi connectivity index (χ0n) is 11.0. The Morgan fingerprint density at radius 2 is 1.05 bits per heavy atom. The minimum absolute atomic E-state index is 0.250. The molecule has 6 heteroatoms. The predicted molar refractivity (Wildman–Crippen MR) is 85.6 cm³/mol. The Bertz CT molecular complexity index is 566. The van der Waals surface area contributed by atoms with Gasteiger partial charge in [-0.25, -0.2) is 0 Å². The molecule has 2 aromatic carbocycles. The maximum atomic E-state index is 10.9. The summed E-state index contributed by atoms with van der Waals surface area (Å²) < 4.78 is 0. The molecule has 2 N–H and O–H groups in total. The molecule has 0 aliphatic carbocycles.